The molecule has 5 nitrogen and oxygen atoms in total. The number of aliphatic hydroxyl groups is 1. The van der Waals surface area contributed by atoms with Crippen molar-refractivity contribution in [1.29, 1.82) is 0 Å². The Morgan fingerprint density at radius 3 is 2.79 bits per heavy atom. The Morgan fingerprint density at radius 2 is 2.21 bits per heavy atom. The summed E-state index contributed by atoms with van der Waals surface area (Å²) in [7, 11) is 3.29. The highest BCUT2D eigenvalue weighted by Crippen LogP contribution is 2.30. The molecule has 0 aliphatic heterocycles. The number of anilines is 1. The zero-order chi connectivity index (χ0) is 14.4. The number of aryl methyl sites for hydroxylation is 1. The normalized spacial score (nSPS) is 10.6. The van der Waals surface area contributed by atoms with E-state index in [-0.39, 0.29) is 19.1 Å². The van der Waals surface area contributed by atoms with Crippen molar-refractivity contribution in [2.75, 3.05) is 39.2 Å². The summed E-state index contributed by atoms with van der Waals surface area (Å²) in [6.45, 7) is 2.53. The minimum atomic E-state index is -0.170. The van der Waals surface area contributed by atoms with Crippen molar-refractivity contribution in [3.8, 4) is 5.75 Å². The lowest BCUT2D eigenvalue weighted by Crippen LogP contribution is -2.32. The van der Waals surface area contributed by atoms with Crippen LogP contribution in [0.15, 0.2) is 12.1 Å². The van der Waals surface area contributed by atoms with Crippen LogP contribution in [0, 0.1) is 6.92 Å². The molecule has 0 unspecified atom stereocenters. The average molecular weight is 287 g/mol. The Hall–Kier alpha value is -1.30. The van der Waals surface area contributed by atoms with Gasteiger partial charge in [-0.2, -0.15) is 0 Å². The van der Waals surface area contributed by atoms with Gasteiger partial charge in [-0.05, 0) is 25.6 Å². The Morgan fingerprint density at radius 1 is 1.53 bits per heavy atom. The Bertz CT molecular complexity index is 452. The third-order valence-corrected chi connectivity index (χ3v) is 3.06. The fraction of sp³-hybridized carbons (Fsp3) is 0.462. The van der Waals surface area contributed by atoms with Crippen LogP contribution in [-0.2, 0) is 4.79 Å². The van der Waals surface area contributed by atoms with Crippen LogP contribution in [0.3, 0.4) is 0 Å². The summed E-state index contributed by atoms with van der Waals surface area (Å²) in [5.41, 5.74) is 1.45. The molecular weight excluding hydrogens is 268 g/mol. The van der Waals surface area contributed by atoms with E-state index >= 15 is 0 Å². The molecule has 6 heteroatoms. The Balaban J connectivity index is 2.76. The van der Waals surface area contributed by atoms with E-state index in [0.717, 1.165) is 5.56 Å². The van der Waals surface area contributed by atoms with Gasteiger partial charge in [0, 0.05) is 17.6 Å². The van der Waals surface area contributed by atoms with E-state index in [2.05, 4.69) is 5.32 Å². The number of likely N-dealkylation sites (N-methyl/N-ethyl adjacent to an activating group) is 1. The van der Waals surface area contributed by atoms with Crippen LogP contribution in [0.1, 0.15) is 5.56 Å². The van der Waals surface area contributed by atoms with Gasteiger partial charge in [-0.3, -0.25) is 9.69 Å². The predicted molar refractivity (Wildman–Crippen MR) is 76.0 cm³/mol. The number of nitrogens with zero attached hydrogens (tertiary/aromatic N) is 1. The monoisotopic (exact) mass is 286 g/mol. The fourth-order valence-corrected chi connectivity index (χ4v) is 1.77. The lowest BCUT2D eigenvalue weighted by Gasteiger charge is -2.16. The summed E-state index contributed by atoms with van der Waals surface area (Å²) < 4.78 is 5.18. The first kappa shape index (κ1) is 15.8. The van der Waals surface area contributed by atoms with E-state index in [4.69, 9.17) is 21.4 Å². The molecule has 1 aromatic carbocycles. The first-order valence-corrected chi connectivity index (χ1v) is 6.29. The summed E-state index contributed by atoms with van der Waals surface area (Å²) in [5.74, 6) is 0.352. The number of ether oxygens (including phenoxy) is 1. The Kier molecular flexibility index (Phi) is 6.08. The molecule has 0 saturated carbocycles. The number of aliphatic hydroxyl groups excluding tert-OH is 1. The van der Waals surface area contributed by atoms with Gasteiger partial charge in [-0.25, -0.2) is 0 Å². The molecule has 0 radical (unpaired) electrons. The van der Waals surface area contributed by atoms with Crippen molar-refractivity contribution in [1.82, 2.24) is 4.90 Å². The third-order valence-electron chi connectivity index (χ3n) is 2.65. The molecule has 0 saturated heterocycles. The van der Waals surface area contributed by atoms with Gasteiger partial charge in [0.15, 0.2) is 0 Å². The van der Waals surface area contributed by atoms with E-state index in [0.29, 0.717) is 23.0 Å². The predicted octanol–water partition coefficient (Wildman–Crippen LogP) is 1.52. The quantitative estimate of drug-likeness (QED) is 0.832. The number of carbonyl (C=O) groups is 1. The van der Waals surface area contributed by atoms with Crippen LogP contribution in [0.25, 0.3) is 0 Å². The second-order valence-electron chi connectivity index (χ2n) is 4.31. The van der Waals surface area contributed by atoms with Crippen LogP contribution < -0.4 is 10.1 Å². The number of methoxy groups -OCH3 is 1. The molecule has 0 spiro atoms. The number of nitrogens with one attached hydrogen (secondary N) is 1. The number of carbonyl (C=O) groups excluding carboxylic acids is 1. The van der Waals surface area contributed by atoms with Crippen LogP contribution >= 0.6 is 11.6 Å². The van der Waals surface area contributed by atoms with E-state index in [1.165, 1.54) is 7.11 Å². The van der Waals surface area contributed by atoms with Crippen LogP contribution in [0.2, 0.25) is 5.02 Å². The standard InChI is InChI=1S/C13H19ClN2O3/c1-9-6-11(12(19-3)7-10(9)14)15-13(18)8-16(2)4-5-17/h6-7,17H,4-5,8H2,1-3H3,(H,15,18). The van der Waals surface area contributed by atoms with Gasteiger partial charge in [0.1, 0.15) is 5.75 Å². The lowest BCUT2D eigenvalue weighted by atomic mass is 10.2. The highest BCUT2D eigenvalue weighted by molar-refractivity contribution is 6.31. The molecule has 19 heavy (non-hydrogen) atoms. The maximum Gasteiger partial charge on any atom is 0.238 e. The van der Waals surface area contributed by atoms with E-state index in [1.807, 2.05) is 6.92 Å². The number of rotatable bonds is 6. The first-order chi connectivity index (χ1) is 8.97. The summed E-state index contributed by atoms with van der Waals surface area (Å²) in [5, 5.41) is 12.1. The van der Waals surface area contributed by atoms with Crippen molar-refractivity contribution in [3.05, 3.63) is 22.7 Å². The minimum Gasteiger partial charge on any atom is -0.495 e. The molecular formula is C13H19ClN2O3. The molecule has 0 aliphatic rings. The maximum absolute atomic E-state index is 11.8. The zero-order valence-electron chi connectivity index (χ0n) is 11.4. The average Bonchev–Trinajstić information content (AvgIpc) is 2.33. The van der Waals surface area contributed by atoms with Gasteiger partial charge in [0.2, 0.25) is 5.91 Å². The Labute approximate surface area is 118 Å². The van der Waals surface area contributed by atoms with E-state index in [1.54, 1.807) is 24.1 Å². The third kappa shape index (κ3) is 4.70. The van der Waals surface area contributed by atoms with Gasteiger partial charge < -0.3 is 15.2 Å². The second kappa shape index (κ2) is 7.33. The van der Waals surface area contributed by atoms with Crippen molar-refractivity contribution in [2.24, 2.45) is 0 Å². The van der Waals surface area contributed by atoms with Crippen molar-refractivity contribution in [3.63, 3.8) is 0 Å². The number of hydrogen-bond donors (Lipinski definition) is 2. The van der Waals surface area contributed by atoms with Crippen molar-refractivity contribution >= 4 is 23.2 Å². The molecule has 106 valence electrons. The zero-order valence-corrected chi connectivity index (χ0v) is 12.1. The topological polar surface area (TPSA) is 61.8 Å². The van der Waals surface area contributed by atoms with Crippen LogP contribution in [-0.4, -0.2) is 49.8 Å². The van der Waals surface area contributed by atoms with E-state index < -0.39 is 0 Å². The molecule has 0 fully saturated rings. The number of hydrogen-bond acceptors (Lipinski definition) is 4. The van der Waals surface area contributed by atoms with Crippen molar-refractivity contribution in [2.45, 2.75) is 6.92 Å². The molecule has 0 heterocycles. The highest BCUT2D eigenvalue weighted by Gasteiger charge is 2.11. The molecule has 1 amide bonds. The number of amides is 1. The molecule has 1 rings (SSSR count). The number of benzene rings is 1. The molecule has 0 bridgehead atoms. The SMILES string of the molecule is COc1cc(Cl)c(C)cc1NC(=O)CN(C)CCO. The van der Waals surface area contributed by atoms with Gasteiger partial charge >= 0.3 is 0 Å². The summed E-state index contributed by atoms with van der Waals surface area (Å²) >= 11 is 6.00. The largest absolute Gasteiger partial charge is 0.495 e. The highest BCUT2D eigenvalue weighted by atomic mass is 35.5. The number of halogens is 1. The summed E-state index contributed by atoms with van der Waals surface area (Å²) in [6.07, 6.45) is 0. The van der Waals surface area contributed by atoms with Crippen LogP contribution in [0.4, 0.5) is 5.69 Å². The summed E-state index contributed by atoms with van der Waals surface area (Å²) in [4.78, 5) is 13.6. The van der Waals surface area contributed by atoms with Crippen molar-refractivity contribution < 1.29 is 14.6 Å². The van der Waals surface area contributed by atoms with E-state index in [9.17, 15) is 4.79 Å². The summed E-state index contributed by atoms with van der Waals surface area (Å²) in [6, 6.07) is 3.44. The molecule has 0 aliphatic carbocycles. The van der Waals surface area contributed by atoms with Gasteiger partial charge in [0.05, 0.1) is 25.9 Å². The second-order valence-corrected chi connectivity index (χ2v) is 4.72. The molecule has 0 atom stereocenters. The van der Waals surface area contributed by atoms with Gasteiger partial charge in [-0.1, -0.05) is 11.6 Å². The molecule has 2 N–H and O–H groups in total. The van der Waals surface area contributed by atoms with Crippen LogP contribution in [0.5, 0.6) is 5.75 Å². The minimum absolute atomic E-state index is 0.0210. The molecule has 0 aromatic heterocycles. The molecule has 1 aromatic rings. The van der Waals surface area contributed by atoms with Gasteiger partial charge in [-0.15, -0.1) is 0 Å². The lowest BCUT2D eigenvalue weighted by molar-refractivity contribution is -0.117. The maximum atomic E-state index is 11.8. The van der Waals surface area contributed by atoms with Gasteiger partial charge in [0.25, 0.3) is 0 Å². The smallest absolute Gasteiger partial charge is 0.238 e. The fourth-order valence-electron chi connectivity index (χ4n) is 1.61. The first-order valence-electron chi connectivity index (χ1n) is 5.91.